The summed E-state index contributed by atoms with van der Waals surface area (Å²) in [6, 6.07) is 11.6. The highest BCUT2D eigenvalue weighted by Crippen LogP contribution is 2.40. The predicted molar refractivity (Wildman–Crippen MR) is 81.4 cm³/mol. The number of hydrogen-bond acceptors (Lipinski definition) is 7. The second-order valence-corrected chi connectivity index (χ2v) is 5.09. The van der Waals surface area contributed by atoms with Crippen LogP contribution in [0.3, 0.4) is 0 Å². The SMILES string of the molecule is N#CC1=C(N)Oc2c(oc(CO)cc2=O)C1c1ccc(C#N)cc1. The Morgan fingerprint density at radius 1 is 1.21 bits per heavy atom. The van der Waals surface area contributed by atoms with Gasteiger partial charge in [0.05, 0.1) is 17.6 Å². The van der Waals surface area contributed by atoms with E-state index in [1.807, 2.05) is 12.1 Å². The molecule has 7 nitrogen and oxygen atoms in total. The zero-order valence-electron chi connectivity index (χ0n) is 12.3. The normalized spacial score (nSPS) is 15.9. The lowest BCUT2D eigenvalue weighted by Crippen LogP contribution is -2.25. The molecule has 0 saturated heterocycles. The molecular weight excluding hydrogens is 310 g/mol. The number of aliphatic hydroxyl groups is 1. The van der Waals surface area contributed by atoms with Crippen LogP contribution in [0.15, 0.2) is 51.0 Å². The highest BCUT2D eigenvalue weighted by atomic mass is 16.5. The molecule has 1 unspecified atom stereocenters. The van der Waals surface area contributed by atoms with E-state index in [0.717, 1.165) is 6.07 Å². The topological polar surface area (TPSA) is 133 Å². The van der Waals surface area contributed by atoms with Crippen molar-refractivity contribution < 1.29 is 14.3 Å². The summed E-state index contributed by atoms with van der Waals surface area (Å²) in [7, 11) is 0. The Balaban J connectivity index is 2.26. The number of nitriles is 2. The molecule has 1 aromatic heterocycles. The maximum Gasteiger partial charge on any atom is 0.228 e. The van der Waals surface area contributed by atoms with E-state index in [2.05, 4.69) is 0 Å². The molecule has 1 aromatic carbocycles. The third-order valence-corrected chi connectivity index (χ3v) is 3.66. The van der Waals surface area contributed by atoms with E-state index in [1.54, 1.807) is 24.3 Å². The van der Waals surface area contributed by atoms with Gasteiger partial charge in [-0.25, -0.2) is 0 Å². The summed E-state index contributed by atoms with van der Waals surface area (Å²) in [5.41, 5.74) is 6.43. The van der Waals surface area contributed by atoms with Crippen LogP contribution in [0.5, 0.6) is 5.75 Å². The summed E-state index contributed by atoms with van der Waals surface area (Å²) in [5, 5.41) is 27.6. The van der Waals surface area contributed by atoms with E-state index in [0.29, 0.717) is 11.1 Å². The van der Waals surface area contributed by atoms with Crippen molar-refractivity contribution in [1.29, 1.82) is 10.5 Å². The molecule has 1 atom stereocenters. The van der Waals surface area contributed by atoms with Crippen molar-refractivity contribution in [1.82, 2.24) is 0 Å². The van der Waals surface area contributed by atoms with Gasteiger partial charge in [0, 0.05) is 6.07 Å². The Labute approximate surface area is 136 Å². The number of allylic oxidation sites excluding steroid dienone is 1. The molecule has 3 rings (SSSR count). The third kappa shape index (κ3) is 2.39. The van der Waals surface area contributed by atoms with Gasteiger partial charge in [0.15, 0.2) is 5.76 Å². The highest BCUT2D eigenvalue weighted by Gasteiger charge is 2.35. The minimum Gasteiger partial charge on any atom is -0.458 e. The molecule has 0 saturated carbocycles. The molecular formula is C17H11N3O4. The van der Waals surface area contributed by atoms with Crippen molar-refractivity contribution in [3.8, 4) is 17.9 Å². The average molecular weight is 321 g/mol. The van der Waals surface area contributed by atoms with E-state index in [-0.39, 0.29) is 28.7 Å². The Morgan fingerprint density at radius 3 is 2.50 bits per heavy atom. The molecule has 1 aliphatic heterocycles. The van der Waals surface area contributed by atoms with Crippen LogP contribution in [0.2, 0.25) is 0 Å². The average Bonchev–Trinajstić information content (AvgIpc) is 2.61. The van der Waals surface area contributed by atoms with Crippen LogP contribution in [0, 0.1) is 22.7 Å². The molecule has 0 fully saturated rings. The molecule has 3 N–H and O–H groups in total. The van der Waals surface area contributed by atoms with Crippen LogP contribution in [0.4, 0.5) is 0 Å². The van der Waals surface area contributed by atoms with Gasteiger partial charge in [-0.15, -0.1) is 0 Å². The van der Waals surface area contributed by atoms with Crippen molar-refractivity contribution in [3.05, 3.63) is 74.7 Å². The second kappa shape index (κ2) is 5.92. The summed E-state index contributed by atoms with van der Waals surface area (Å²) >= 11 is 0. The molecule has 0 radical (unpaired) electrons. The fraction of sp³-hybridized carbons (Fsp3) is 0.118. The zero-order valence-corrected chi connectivity index (χ0v) is 12.3. The van der Waals surface area contributed by atoms with Crippen molar-refractivity contribution in [2.45, 2.75) is 12.5 Å². The lowest BCUT2D eigenvalue weighted by Gasteiger charge is -2.24. The maximum atomic E-state index is 12.2. The smallest absolute Gasteiger partial charge is 0.228 e. The van der Waals surface area contributed by atoms with Gasteiger partial charge in [0.1, 0.15) is 24.0 Å². The summed E-state index contributed by atoms with van der Waals surface area (Å²) in [6.07, 6.45) is 0. The predicted octanol–water partition coefficient (Wildman–Crippen LogP) is 1.22. The fourth-order valence-electron chi connectivity index (χ4n) is 2.54. The Kier molecular flexibility index (Phi) is 3.78. The molecule has 0 aliphatic carbocycles. The monoisotopic (exact) mass is 321 g/mol. The van der Waals surface area contributed by atoms with Gasteiger partial charge in [-0.3, -0.25) is 4.79 Å². The van der Waals surface area contributed by atoms with Crippen LogP contribution >= 0.6 is 0 Å². The molecule has 0 amide bonds. The van der Waals surface area contributed by atoms with Crippen LogP contribution in [-0.4, -0.2) is 5.11 Å². The second-order valence-electron chi connectivity index (χ2n) is 5.09. The molecule has 2 heterocycles. The minimum absolute atomic E-state index is 0.0544. The van der Waals surface area contributed by atoms with Gasteiger partial charge in [0.25, 0.3) is 0 Å². The van der Waals surface area contributed by atoms with Crippen molar-refractivity contribution >= 4 is 0 Å². The summed E-state index contributed by atoms with van der Waals surface area (Å²) in [4.78, 5) is 12.2. The first kappa shape index (κ1) is 15.3. The summed E-state index contributed by atoms with van der Waals surface area (Å²) < 4.78 is 10.8. The first-order chi connectivity index (χ1) is 11.6. The summed E-state index contributed by atoms with van der Waals surface area (Å²) in [6.45, 7) is -0.469. The number of fused-ring (bicyclic) bond motifs is 1. The van der Waals surface area contributed by atoms with Crippen LogP contribution in [0.1, 0.15) is 28.6 Å². The first-order valence-electron chi connectivity index (χ1n) is 6.94. The van der Waals surface area contributed by atoms with Crippen LogP contribution in [-0.2, 0) is 6.61 Å². The molecule has 7 heteroatoms. The van der Waals surface area contributed by atoms with Gasteiger partial charge in [0.2, 0.25) is 17.1 Å². The number of hydrogen-bond donors (Lipinski definition) is 2. The van der Waals surface area contributed by atoms with E-state index >= 15 is 0 Å². The molecule has 1 aliphatic rings. The summed E-state index contributed by atoms with van der Waals surface area (Å²) in [5.74, 6) is -0.895. The van der Waals surface area contributed by atoms with Gasteiger partial charge >= 0.3 is 0 Å². The van der Waals surface area contributed by atoms with E-state index in [4.69, 9.17) is 20.1 Å². The van der Waals surface area contributed by atoms with Crippen LogP contribution < -0.4 is 15.9 Å². The van der Waals surface area contributed by atoms with Crippen molar-refractivity contribution in [3.63, 3.8) is 0 Å². The molecule has 0 spiro atoms. The maximum absolute atomic E-state index is 12.2. The first-order valence-corrected chi connectivity index (χ1v) is 6.94. The number of aliphatic hydroxyl groups excluding tert-OH is 1. The molecule has 2 aromatic rings. The lowest BCUT2D eigenvalue weighted by molar-refractivity contribution is 0.231. The number of ether oxygens (including phenoxy) is 1. The Hall–Kier alpha value is -3.55. The van der Waals surface area contributed by atoms with E-state index < -0.39 is 18.0 Å². The largest absolute Gasteiger partial charge is 0.458 e. The number of rotatable bonds is 2. The zero-order chi connectivity index (χ0) is 17.3. The number of benzene rings is 1. The molecule has 0 bridgehead atoms. The Bertz CT molecular complexity index is 975. The quantitative estimate of drug-likeness (QED) is 0.849. The minimum atomic E-state index is -0.759. The van der Waals surface area contributed by atoms with Gasteiger partial charge in [-0.1, -0.05) is 12.1 Å². The third-order valence-electron chi connectivity index (χ3n) is 3.66. The number of nitrogens with two attached hydrogens (primary N) is 1. The fourth-order valence-corrected chi connectivity index (χ4v) is 2.54. The van der Waals surface area contributed by atoms with Gasteiger partial charge < -0.3 is 20.0 Å². The van der Waals surface area contributed by atoms with E-state index in [9.17, 15) is 15.2 Å². The molecule has 24 heavy (non-hydrogen) atoms. The number of nitrogens with zero attached hydrogens (tertiary/aromatic N) is 2. The highest BCUT2D eigenvalue weighted by molar-refractivity contribution is 5.52. The Morgan fingerprint density at radius 2 is 1.92 bits per heavy atom. The van der Waals surface area contributed by atoms with Crippen molar-refractivity contribution in [2.75, 3.05) is 0 Å². The van der Waals surface area contributed by atoms with E-state index in [1.165, 1.54) is 0 Å². The standard InChI is InChI=1S/C17H11N3O4/c18-6-9-1-3-10(4-2-9)14-12(7-19)17(20)24-15-13(22)5-11(8-21)23-16(14)15/h1-5,14,21H,8,20H2. The van der Waals surface area contributed by atoms with Crippen molar-refractivity contribution in [2.24, 2.45) is 5.73 Å². The van der Waals surface area contributed by atoms with Gasteiger partial charge in [-0.2, -0.15) is 10.5 Å². The molecule has 118 valence electrons. The van der Waals surface area contributed by atoms with Gasteiger partial charge in [-0.05, 0) is 17.7 Å². The lowest BCUT2D eigenvalue weighted by atomic mass is 9.87. The van der Waals surface area contributed by atoms with Crippen LogP contribution in [0.25, 0.3) is 0 Å².